The van der Waals surface area contributed by atoms with Crippen molar-refractivity contribution in [2.24, 2.45) is 0 Å². The number of nitrogens with one attached hydrogen (secondary N) is 1. The van der Waals surface area contributed by atoms with E-state index in [1.807, 2.05) is 17.0 Å². The van der Waals surface area contributed by atoms with Gasteiger partial charge in [0, 0.05) is 44.1 Å². The Morgan fingerprint density at radius 2 is 1.81 bits per heavy atom. The number of aromatic amines is 1. The molecular weight excluding hydrogens is 342 g/mol. The van der Waals surface area contributed by atoms with Crippen LogP contribution in [0, 0.1) is 0 Å². The second-order valence-electron chi connectivity index (χ2n) is 7.18. The monoisotopic (exact) mass is 369 g/mol. The van der Waals surface area contributed by atoms with Gasteiger partial charge in [0.2, 0.25) is 5.91 Å². The van der Waals surface area contributed by atoms with Crippen LogP contribution in [-0.4, -0.2) is 59.9 Å². The average molecular weight is 369 g/mol. The van der Waals surface area contributed by atoms with E-state index < -0.39 is 0 Å². The molecule has 6 heteroatoms. The molecule has 27 heavy (non-hydrogen) atoms. The summed E-state index contributed by atoms with van der Waals surface area (Å²) in [6.45, 7) is 6.49. The quantitative estimate of drug-likeness (QED) is 0.881. The number of rotatable bonds is 5. The SMILES string of the molecule is COc1cc(C(C)C)ccc1CC(=O)N1CCN(C(=O)c2cc[nH]c2)CC1. The highest BCUT2D eigenvalue weighted by Gasteiger charge is 2.25. The van der Waals surface area contributed by atoms with Gasteiger partial charge in [-0.1, -0.05) is 26.0 Å². The summed E-state index contributed by atoms with van der Waals surface area (Å²) in [5.41, 5.74) is 2.75. The molecule has 1 fully saturated rings. The van der Waals surface area contributed by atoms with Crippen LogP contribution in [-0.2, 0) is 11.2 Å². The lowest BCUT2D eigenvalue weighted by Crippen LogP contribution is -2.50. The zero-order valence-corrected chi connectivity index (χ0v) is 16.2. The van der Waals surface area contributed by atoms with Crippen LogP contribution in [0.5, 0.6) is 5.75 Å². The number of benzene rings is 1. The second-order valence-corrected chi connectivity index (χ2v) is 7.18. The summed E-state index contributed by atoms with van der Waals surface area (Å²) in [7, 11) is 1.64. The van der Waals surface area contributed by atoms with Gasteiger partial charge >= 0.3 is 0 Å². The number of amides is 2. The molecule has 1 aliphatic heterocycles. The molecule has 144 valence electrons. The number of methoxy groups -OCH3 is 1. The van der Waals surface area contributed by atoms with E-state index in [0.717, 1.165) is 11.3 Å². The number of H-pyrrole nitrogens is 1. The maximum atomic E-state index is 12.7. The van der Waals surface area contributed by atoms with Crippen LogP contribution in [0.2, 0.25) is 0 Å². The predicted molar refractivity (Wildman–Crippen MR) is 104 cm³/mol. The van der Waals surface area contributed by atoms with Crippen molar-refractivity contribution in [1.82, 2.24) is 14.8 Å². The van der Waals surface area contributed by atoms with Gasteiger partial charge in [0.15, 0.2) is 0 Å². The van der Waals surface area contributed by atoms with Crippen LogP contribution < -0.4 is 4.74 Å². The van der Waals surface area contributed by atoms with Crippen molar-refractivity contribution < 1.29 is 14.3 Å². The fourth-order valence-corrected chi connectivity index (χ4v) is 3.34. The summed E-state index contributed by atoms with van der Waals surface area (Å²) >= 11 is 0. The Bertz CT molecular complexity index is 791. The van der Waals surface area contributed by atoms with Crippen LogP contribution in [0.25, 0.3) is 0 Å². The molecule has 0 unspecified atom stereocenters. The van der Waals surface area contributed by atoms with Gasteiger partial charge in [-0.2, -0.15) is 0 Å². The number of piperazine rings is 1. The molecule has 0 spiro atoms. The third-order valence-corrected chi connectivity index (χ3v) is 5.08. The van der Waals surface area contributed by atoms with E-state index in [9.17, 15) is 9.59 Å². The van der Waals surface area contributed by atoms with Crippen molar-refractivity contribution in [3.05, 3.63) is 53.3 Å². The van der Waals surface area contributed by atoms with Crippen LogP contribution >= 0.6 is 0 Å². The Kier molecular flexibility index (Phi) is 5.84. The van der Waals surface area contributed by atoms with Crippen LogP contribution in [0.3, 0.4) is 0 Å². The number of ether oxygens (including phenoxy) is 1. The summed E-state index contributed by atoms with van der Waals surface area (Å²) in [5, 5.41) is 0. The van der Waals surface area contributed by atoms with Crippen LogP contribution in [0.4, 0.5) is 0 Å². The van der Waals surface area contributed by atoms with Gasteiger partial charge < -0.3 is 19.5 Å². The number of nitrogens with zero attached hydrogens (tertiary/aromatic N) is 2. The smallest absolute Gasteiger partial charge is 0.255 e. The van der Waals surface area contributed by atoms with E-state index in [2.05, 4.69) is 24.9 Å². The highest BCUT2D eigenvalue weighted by Crippen LogP contribution is 2.25. The van der Waals surface area contributed by atoms with Gasteiger partial charge in [0.1, 0.15) is 5.75 Å². The molecule has 0 bridgehead atoms. The summed E-state index contributed by atoms with van der Waals surface area (Å²) in [5.74, 6) is 1.25. The average Bonchev–Trinajstić information content (AvgIpc) is 3.22. The lowest BCUT2D eigenvalue weighted by molar-refractivity contribution is -0.131. The predicted octanol–water partition coefficient (Wildman–Crippen LogP) is 2.67. The fraction of sp³-hybridized carbons (Fsp3) is 0.429. The molecule has 1 aliphatic rings. The first-order valence-electron chi connectivity index (χ1n) is 9.36. The van der Waals surface area contributed by atoms with E-state index in [1.54, 1.807) is 30.5 Å². The molecule has 3 rings (SSSR count). The molecule has 0 saturated carbocycles. The zero-order chi connectivity index (χ0) is 19.4. The first kappa shape index (κ1) is 19.0. The molecule has 2 amide bonds. The highest BCUT2D eigenvalue weighted by atomic mass is 16.5. The Morgan fingerprint density at radius 1 is 1.11 bits per heavy atom. The Balaban J connectivity index is 1.59. The molecule has 1 aromatic carbocycles. The number of carbonyl (C=O) groups is 2. The number of aromatic nitrogens is 1. The van der Waals surface area contributed by atoms with Gasteiger partial charge in [0.25, 0.3) is 5.91 Å². The topological polar surface area (TPSA) is 65.6 Å². The van der Waals surface area contributed by atoms with Crippen molar-refractivity contribution in [3.8, 4) is 5.75 Å². The van der Waals surface area contributed by atoms with E-state index in [4.69, 9.17) is 4.74 Å². The molecule has 1 N–H and O–H groups in total. The standard InChI is InChI=1S/C21H27N3O3/c1-15(2)16-4-5-17(19(12-16)27-3)13-20(25)23-8-10-24(11-9-23)21(26)18-6-7-22-14-18/h4-7,12,14-15,22H,8-11,13H2,1-3H3. The third-order valence-electron chi connectivity index (χ3n) is 5.08. The van der Waals surface area contributed by atoms with Crippen molar-refractivity contribution in [2.45, 2.75) is 26.2 Å². The van der Waals surface area contributed by atoms with Gasteiger partial charge in [-0.05, 0) is 23.6 Å². The highest BCUT2D eigenvalue weighted by molar-refractivity contribution is 5.94. The number of hydrogen-bond acceptors (Lipinski definition) is 3. The van der Waals surface area contributed by atoms with Gasteiger partial charge in [-0.25, -0.2) is 0 Å². The normalized spacial score (nSPS) is 14.5. The largest absolute Gasteiger partial charge is 0.496 e. The molecule has 0 aliphatic carbocycles. The minimum Gasteiger partial charge on any atom is -0.496 e. The van der Waals surface area contributed by atoms with E-state index in [-0.39, 0.29) is 11.8 Å². The molecule has 6 nitrogen and oxygen atoms in total. The lowest BCUT2D eigenvalue weighted by Gasteiger charge is -2.34. The molecule has 0 atom stereocenters. The fourth-order valence-electron chi connectivity index (χ4n) is 3.34. The molecular formula is C21H27N3O3. The molecule has 1 saturated heterocycles. The van der Waals surface area contributed by atoms with Crippen LogP contribution in [0.15, 0.2) is 36.7 Å². The Morgan fingerprint density at radius 3 is 2.41 bits per heavy atom. The lowest BCUT2D eigenvalue weighted by atomic mass is 9.99. The minimum atomic E-state index is 0.00860. The van der Waals surface area contributed by atoms with Crippen molar-refractivity contribution in [3.63, 3.8) is 0 Å². The minimum absolute atomic E-state index is 0.00860. The first-order valence-corrected chi connectivity index (χ1v) is 9.36. The maximum absolute atomic E-state index is 12.7. The van der Waals surface area contributed by atoms with Crippen molar-refractivity contribution in [2.75, 3.05) is 33.3 Å². The van der Waals surface area contributed by atoms with E-state index in [1.165, 1.54) is 5.56 Å². The summed E-state index contributed by atoms with van der Waals surface area (Å²) in [4.78, 5) is 31.6. The molecule has 2 aromatic rings. The molecule has 2 heterocycles. The molecule has 1 aromatic heterocycles. The first-order chi connectivity index (χ1) is 13.0. The number of hydrogen-bond donors (Lipinski definition) is 1. The maximum Gasteiger partial charge on any atom is 0.255 e. The third kappa shape index (κ3) is 4.32. The van der Waals surface area contributed by atoms with Crippen LogP contribution in [0.1, 0.15) is 41.3 Å². The summed E-state index contributed by atoms with van der Waals surface area (Å²) in [6.07, 6.45) is 3.76. The summed E-state index contributed by atoms with van der Waals surface area (Å²) in [6, 6.07) is 7.83. The Hall–Kier alpha value is -2.76. The zero-order valence-electron chi connectivity index (χ0n) is 16.2. The second kappa shape index (κ2) is 8.29. The van der Waals surface area contributed by atoms with Gasteiger partial charge in [-0.15, -0.1) is 0 Å². The molecule has 0 radical (unpaired) electrons. The van der Waals surface area contributed by atoms with Crippen molar-refractivity contribution >= 4 is 11.8 Å². The Labute approximate surface area is 160 Å². The number of carbonyl (C=O) groups excluding carboxylic acids is 2. The van der Waals surface area contributed by atoms with E-state index in [0.29, 0.717) is 44.1 Å². The van der Waals surface area contributed by atoms with Gasteiger partial charge in [-0.3, -0.25) is 9.59 Å². The van der Waals surface area contributed by atoms with Gasteiger partial charge in [0.05, 0.1) is 19.1 Å². The van der Waals surface area contributed by atoms with Crippen molar-refractivity contribution in [1.29, 1.82) is 0 Å². The van der Waals surface area contributed by atoms with E-state index >= 15 is 0 Å². The summed E-state index contributed by atoms with van der Waals surface area (Å²) < 4.78 is 5.49.